The molecule has 1 heteroatoms. The average molecular weight is 274 g/mol. The second-order valence-corrected chi connectivity index (χ2v) is 5.24. The van der Waals surface area contributed by atoms with Gasteiger partial charge in [0, 0.05) is 5.92 Å². The van der Waals surface area contributed by atoms with E-state index in [0.717, 1.165) is 6.42 Å². The molecule has 0 saturated heterocycles. The number of hydrogen-bond donors (Lipinski definition) is 1. The summed E-state index contributed by atoms with van der Waals surface area (Å²) < 4.78 is 0. The zero-order chi connectivity index (χ0) is 14.5. The maximum Gasteiger partial charge on any atom is 0.115 e. The van der Waals surface area contributed by atoms with Gasteiger partial charge in [0.15, 0.2) is 0 Å². The molecule has 0 spiro atoms. The van der Waals surface area contributed by atoms with Crippen LogP contribution in [0.3, 0.4) is 0 Å². The third kappa shape index (κ3) is 3.32. The number of rotatable bonds is 4. The molecule has 0 fully saturated rings. The molecule has 21 heavy (non-hydrogen) atoms. The van der Waals surface area contributed by atoms with Crippen LogP contribution in [-0.2, 0) is 6.42 Å². The van der Waals surface area contributed by atoms with Crippen LogP contribution in [-0.4, -0.2) is 5.11 Å². The van der Waals surface area contributed by atoms with Crippen LogP contribution in [0.4, 0.5) is 0 Å². The zero-order valence-corrected chi connectivity index (χ0v) is 11.8. The fourth-order valence-corrected chi connectivity index (χ4v) is 2.67. The highest BCUT2D eigenvalue weighted by atomic mass is 16.3. The van der Waals surface area contributed by atoms with Gasteiger partial charge in [-0.15, -0.1) is 0 Å². The lowest BCUT2D eigenvalue weighted by atomic mass is 9.86. The van der Waals surface area contributed by atoms with Crippen molar-refractivity contribution in [2.45, 2.75) is 12.3 Å². The number of hydrogen-bond acceptors (Lipinski definition) is 1. The highest BCUT2D eigenvalue weighted by molar-refractivity contribution is 5.36. The van der Waals surface area contributed by atoms with Crippen LogP contribution in [0.1, 0.15) is 22.6 Å². The van der Waals surface area contributed by atoms with Crippen LogP contribution in [0, 0.1) is 0 Å². The maximum atomic E-state index is 9.42. The molecular weight excluding hydrogens is 256 g/mol. The Morgan fingerprint density at radius 3 is 1.57 bits per heavy atom. The standard InChI is InChI=1S/C20H18O/c21-19-13-11-16(12-14-19)15-20(17-7-3-1-4-8-17)18-9-5-2-6-10-18/h1-14,20-21H,15H2. The van der Waals surface area contributed by atoms with E-state index in [-0.39, 0.29) is 0 Å². The van der Waals surface area contributed by atoms with Crippen molar-refractivity contribution in [1.82, 2.24) is 0 Å². The summed E-state index contributed by atoms with van der Waals surface area (Å²) in [5.74, 6) is 0.645. The Hall–Kier alpha value is -2.54. The normalized spacial score (nSPS) is 10.7. The van der Waals surface area contributed by atoms with Crippen molar-refractivity contribution in [1.29, 1.82) is 0 Å². The fourth-order valence-electron chi connectivity index (χ4n) is 2.67. The summed E-state index contributed by atoms with van der Waals surface area (Å²) >= 11 is 0. The highest BCUT2D eigenvalue weighted by Gasteiger charge is 2.14. The van der Waals surface area contributed by atoms with Crippen LogP contribution >= 0.6 is 0 Å². The van der Waals surface area contributed by atoms with E-state index in [9.17, 15) is 5.11 Å². The summed E-state index contributed by atoms with van der Waals surface area (Å²) in [6.45, 7) is 0. The van der Waals surface area contributed by atoms with Crippen LogP contribution in [0.5, 0.6) is 5.75 Å². The van der Waals surface area contributed by atoms with Crippen molar-refractivity contribution in [3.8, 4) is 5.75 Å². The van der Waals surface area contributed by atoms with E-state index in [1.54, 1.807) is 12.1 Å². The van der Waals surface area contributed by atoms with E-state index < -0.39 is 0 Å². The number of aromatic hydroxyl groups is 1. The van der Waals surface area contributed by atoms with Gasteiger partial charge < -0.3 is 5.11 Å². The predicted molar refractivity (Wildman–Crippen MR) is 86.5 cm³/mol. The molecule has 0 aromatic heterocycles. The lowest BCUT2D eigenvalue weighted by Gasteiger charge is -2.18. The molecule has 3 aromatic rings. The lowest BCUT2D eigenvalue weighted by molar-refractivity contribution is 0.475. The molecule has 1 N–H and O–H groups in total. The molecule has 104 valence electrons. The molecule has 0 bridgehead atoms. The minimum atomic E-state index is 0.315. The molecule has 0 atom stereocenters. The summed E-state index contributed by atoms with van der Waals surface area (Å²) in [7, 11) is 0. The predicted octanol–water partition coefficient (Wildman–Crippen LogP) is 4.77. The summed E-state index contributed by atoms with van der Waals surface area (Å²) in [6, 6.07) is 28.6. The first kappa shape index (κ1) is 13.4. The first-order valence-corrected chi connectivity index (χ1v) is 7.21. The van der Waals surface area contributed by atoms with Gasteiger partial charge in [-0.3, -0.25) is 0 Å². The Bertz CT molecular complexity index is 633. The molecule has 0 aliphatic carbocycles. The summed E-state index contributed by atoms with van der Waals surface area (Å²) in [5.41, 5.74) is 3.86. The molecule has 0 radical (unpaired) electrons. The molecule has 0 heterocycles. The van der Waals surface area contributed by atoms with E-state index in [0.29, 0.717) is 11.7 Å². The largest absolute Gasteiger partial charge is 0.508 e. The van der Waals surface area contributed by atoms with Gasteiger partial charge in [0.1, 0.15) is 5.75 Å². The van der Waals surface area contributed by atoms with E-state index in [4.69, 9.17) is 0 Å². The van der Waals surface area contributed by atoms with E-state index >= 15 is 0 Å². The molecular formula is C20H18O. The SMILES string of the molecule is Oc1ccc(CC(c2ccccc2)c2ccccc2)cc1. The van der Waals surface area contributed by atoms with Gasteiger partial charge >= 0.3 is 0 Å². The first-order chi connectivity index (χ1) is 10.3. The number of benzene rings is 3. The second kappa shape index (κ2) is 6.27. The molecule has 3 aromatic carbocycles. The molecule has 3 rings (SSSR count). The molecule has 0 saturated carbocycles. The number of phenols is 1. The van der Waals surface area contributed by atoms with E-state index in [2.05, 4.69) is 48.5 Å². The third-order valence-corrected chi connectivity index (χ3v) is 3.78. The van der Waals surface area contributed by atoms with Crippen LogP contribution in [0.2, 0.25) is 0 Å². The third-order valence-electron chi connectivity index (χ3n) is 3.78. The molecule has 0 amide bonds. The average Bonchev–Trinajstić information content (AvgIpc) is 2.56. The molecule has 1 nitrogen and oxygen atoms in total. The molecule has 0 unspecified atom stereocenters. The van der Waals surface area contributed by atoms with E-state index in [1.165, 1.54) is 16.7 Å². The zero-order valence-electron chi connectivity index (χ0n) is 11.8. The first-order valence-electron chi connectivity index (χ1n) is 7.21. The summed E-state index contributed by atoms with van der Waals surface area (Å²) in [5, 5.41) is 9.42. The minimum Gasteiger partial charge on any atom is -0.508 e. The molecule has 0 aliphatic rings. The van der Waals surface area contributed by atoms with Crippen LogP contribution in [0.25, 0.3) is 0 Å². The van der Waals surface area contributed by atoms with Crippen molar-refractivity contribution < 1.29 is 5.11 Å². The Kier molecular flexibility index (Phi) is 4.02. The Morgan fingerprint density at radius 2 is 1.10 bits per heavy atom. The van der Waals surface area contributed by atoms with Gasteiger partial charge in [0.25, 0.3) is 0 Å². The van der Waals surface area contributed by atoms with Gasteiger partial charge in [-0.1, -0.05) is 72.8 Å². The van der Waals surface area contributed by atoms with Crippen molar-refractivity contribution >= 4 is 0 Å². The maximum absolute atomic E-state index is 9.42. The smallest absolute Gasteiger partial charge is 0.115 e. The Balaban J connectivity index is 1.95. The van der Waals surface area contributed by atoms with Crippen molar-refractivity contribution in [2.24, 2.45) is 0 Å². The van der Waals surface area contributed by atoms with Gasteiger partial charge in [-0.05, 0) is 35.2 Å². The minimum absolute atomic E-state index is 0.315. The quantitative estimate of drug-likeness (QED) is 0.726. The Labute approximate surface area is 125 Å². The highest BCUT2D eigenvalue weighted by Crippen LogP contribution is 2.28. The van der Waals surface area contributed by atoms with Crippen molar-refractivity contribution in [3.63, 3.8) is 0 Å². The van der Waals surface area contributed by atoms with Crippen molar-refractivity contribution in [3.05, 3.63) is 102 Å². The van der Waals surface area contributed by atoms with E-state index in [1.807, 2.05) is 24.3 Å². The summed E-state index contributed by atoms with van der Waals surface area (Å²) in [4.78, 5) is 0. The summed E-state index contributed by atoms with van der Waals surface area (Å²) in [6.07, 6.45) is 0.925. The monoisotopic (exact) mass is 274 g/mol. The van der Waals surface area contributed by atoms with Crippen LogP contribution in [0.15, 0.2) is 84.9 Å². The van der Waals surface area contributed by atoms with Gasteiger partial charge in [-0.2, -0.15) is 0 Å². The fraction of sp³-hybridized carbons (Fsp3) is 0.100. The molecule has 0 aliphatic heterocycles. The van der Waals surface area contributed by atoms with Crippen molar-refractivity contribution in [2.75, 3.05) is 0 Å². The van der Waals surface area contributed by atoms with Gasteiger partial charge in [-0.25, -0.2) is 0 Å². The lowest BCUT2D eigenvalue weighted by Crippen LogP contribution is -2.04. The second-order valence-electron chi connectivity index (χ2n) is 5.24. The van der Waals surface area contributed by atoms with Gasteiger partial charge in [0.05, 0.1) is 0 Å². The Morgan fingerprint density at radius 1 is 0.619 bits per heavy atom. The topological polar surface area (TPSA) is 20.2 Å². The van der Waals surface area contributed by atoms with Gasteiger partial charge in [0.2, 0.25) is 0 Å². The number of phenolic OH excluding ortho intramolecular Hbond substituents is 1. The van der Waals surface area contributed by atoms with Crippen LogP contribution < -0.4 is 0 Å².